The minimum absolute atomic E-state index is 0.0693. The van der Waals surface area contributed by atoms with Gasteiger partial charge >= 0.3 is 6.03 Å². The monoisotopic (exact) mass is 773 g/mol. The highest BCUT2D eigenvalue weighted by atomic mass is 16.5. The Labute approximate surface area is 329 Å². The Morgan fingerprint density at radius 3 is 2.63 bits per heavy atom. The van der Waals surface area contributed by atoms with Gasteiger partial charge in [0.2, 0.25) is 11.8 Å². The molecule has 0 saturated carbocycles. The number of fused-ring (bicyclic) bond motifs is 4. The molecule has 10 rings (SSSR count). The molecule has 16 nitrogen and oxygen atoms in total. The highest BCUT2D eigenvalue weighted by Gasteiger charge is 2.39. The number of rotatable bonds is 9. The van der Waals surface area contributed by atoms with Crippen molar-refractivity contribution in [3.8, 4) is 0 Å². The summed E-state index contributed by atoms with van der Waals surface area (Å²) in [5.74, 6) is -0.172. The first-order chi connectivity index (χ1) is 27.6. The van der Waals surface area contributed by atoms with E-state index in [0.717, 1.165) is 94.7 Å². The van der Waals surface area contributed by atoms with E-state index >= 15 is 0 Å². The number of aromatic nitrogens is 3. The van der Waals surface area contributed by atoms with Crippen LogP contribution in [0.3, 0.4) is 0 Å². The van der Waals surface area contributed by atoms with Crippen LogP contribution in [-0.4, -0.2) is 123 Å². The first-order valence-corrected chi connectivity index (χ1v) is 20.2. The van der Waals surface area contributed by atoms with Gasteiger partial charge in [-0.15, -0.1) is 0 Å². The van der Waals surface area contributed by atoms with Crippen LogP contribution < -0.4 is 21.3 Å². The summed E-state index contributed by atoms with van der Waals surface area (Å²) in [7, 11) is 1.84. The van der Waals surface area contributed by atoms with Gasteiger partial charge in [-0.05, 0) is 72.9 Å². The van der Waals surface area contributed by atoms with Crippen LogP contribution in [0.5, 0.6) is 0 Å². The highest BCUT2D eigenvalue weighted by Crippen LogP contribution is 2.39. The van der Waals surface area contributed by atoms with Crippen molar-refractivity contribution in [3.05, 3.63) is 70.2 Å². The molecule has 2 aromatic heterocycles. The minimum Gasteiger partial charge on any atom is -0.364 e. The second-order valence-corrected chi connectivity index (χ2v) is 16.7. The number of nitrogens with one attached hydrogen (secondary N) is 2. The van der Waals surface area contributed by atoms with Gasteiger partial charge in [-0.3, -0.25) is 29.5 Å². The molecule has 2 unspecified atom stereocenters. The normalized spacial score (nSPS) is 24.3. The molecule has 296 valence electrons. The molecule has 6 aliphatic rings. The molecule has 3 atom stereocenters. The molecule has 0 radical (unpaired) electrons. The number of benzene rings is 2. The highest BCUT2D eigenvalue weighted by molar-refractivity contribution is 6.02. The van der Waals surface area contributed by atoms with E-state index in [-0.39, 0.29) is 29.6 Å². The van der Waals surface area contributed by atoms with Crippen LogP contribution in [0.15, 0.2) is 41.1 Å². The summed E-state index contributed by atoms with van der Waals surface area (Å²) in [5, 5.41) is 11.0. The van der Waals surface area contributed by atoms with Gasteiger partial charge < -0.3 is 30.3 Å². The van der Waals surface area contributed by atoms with Gasteiger partial charge in [-0.2, -0.15) is 0 Å². The third-order valence-electron chi connectivity index (χ3n) is 13.0. The van der Waals surface area contributed by atoms with Gasteiger partial charge in [0.25, 0.3) is 5.91 Å². The average molecular weight is 774 g/mol. The van der Waals surface area contributed by atoms with Gasteiger partial charge in [0.05, 0.1) is 18.2 Å². The Bertz CT molecular complexity index is 2310. The topological polar surface area (TPSA) is 186 Å². The molecule has 0 bridgehead atoms. The van der Waals surface area contributed by atoms with E-state index in [1.807, 2.05) is 24.1 Å². The predicted molar refractivity (Wildman–Crippen MR) is 210 cm³/mol. The Morgan fingerprint density at radius 2 is 1.82 bits per heavy atom. The number of imide groups is 1. The minimum atomic E-state index is -0.646. The number of likely N-dealkylation sites (N-methyl/N-ethyl adjacent to an activating group) is 1. The Morgan fingerprint density at radius 1 is 0.982 bits per heavy atom. The van der Waals surface area contributed by atoms with Crippen molar-refractivity contribution in [1.29, 1.82) is 0 Å². The lowest BCUT2D eigenvalue weighted by Gasteiger charge is -2.45. The van der Waals surface area contributed by atoms with Crippen LogP contribution in [-0.2, 0) is 35.5 Å². The molecule has 5 aliphatic heterocycles. The van der Waals surface area contributed by atoms with Crippen molar-refractivity contribution < 1.29 is 23.7 Å². The Hall–Kier alpha value is -5.61. The molecule has 7 heterocycles. The molecule has 4 saturated heterocycles. The summed E-state index contributed by atoms with van der Waals surface area (Å²) in [6, 6.07) is 11.2. The van der Waals surface area contributed by atoms with Crippen molar-refractivity contribution in [2.75, 3.05) is 63.1 Å². The van der Waals surface area contributed by atoms with Crippen molar-refractivity contribution in [1.82, 2.24) is 40.0 Å². The fourth-order valence-electron chi connectivity index (χ4n) is 9.95. The SMILES string of the molecule is CN1CCN([C@@H]2CCCN(c3cnc(C(N)=O)c(Nc4ccc5c(c4)CN(C4CN(CC6Cc7ccc8c(C9CCC(=O)NC9=O)noc8c7C6)C4)C5)n3)C2)C1=O. The van der Waals surface area contributed by atoms with Crippen LogP contribution in [0.2, 0.25) is 0 Å². The van der Waals surface area contributed by atoms with Crippen LogP contribution in [0, 0.1) is 5.92 Å². The molecule has 5 amide bonds. The third kappa shape index (κ3) is 6.53. The van der Waals surface area contributed by atoms with Crippen LogP contribution >= 0.6 is 0 Å². The lowest BCUT2D eigenvalue weighted by Crippen LogP contribution is -2.58. The molecule has 4 N–H and O–H groups in total. The number of anilines is 3. The molecule has 0 spiro atoms. The van der Waals surface area contributed by atoms with Crippen LogP contribution in [0.1, 0.15) is 70.0 Å². The van der Waals surface area contributed by atoms with Crippen molar-refractivity contribution in [2.24, 2.45) is 11.7 Å². The quantitative estimate of drug-likeness (QED) is 0.212. The molecular formula is C41H47N11O5. The predicted octanol–water partition coefficient (Wildman–Crippen LogP) is 2.73. The van der Waals surface area contributed by atoms with E-state index in [4.69, 9.17) is 15.2 Å². The van der Waals surface area contributed by atoms with Gasteiger partial charge in [0.15, 0.2) is 17.1 Å². The number of primary amides is 1. The van der Waals surface area contributed by atoms with Gasteiger partial charge in [0, 0.05) is 95.1 Å². The van der Waals surface area contributed by atoms with E-state index in [9.17, 15) is 19.2 Å². The third-order valence-corrected chi connectivity index (χ3v) is 13.0. The van der Waals surface area contributed by atoms with E-state index < -0.39 is 11.8 Å². The average Bonchev–Trinajstić information content (AvgIpc) is 3.98. The number of hydrogen-bond acceptors (Lipinski definition) is 12. The van der Waals surface area contributed by atoms with Gasteiger partial charge in [-0.25, -0.2) is 14.8 Å². The maximum atomic E-state index is 12.7. The summed E-state index contributed by atoms with van der Waals surface area (Å²) in [4.78, 5) is 69.6. The largest absolute Gasteiger partial charge is 0.364 e. The molecule has 4 aromatic rings. The van der Waals surface area contributed by atoms with E-state index in [0.29, 0.717) is 48.7 Å². The van der Waals surface area contributed by atoms with Crippen molar-refractivity contribution >= 4 is 52.0 Å². The molecule has 4 fully saturated rings. The summed E-state index contributed by atoms with van der Waals surface area (Å²) >= 11 is 0. The fraction of sp³-hybridized carbons (Fsp3) is 0.488. The second-order valence-electron chi connectivity index (χ2n) is 16.7. The van der Waals surface area contributed by atoms with Crippen molar-refractivity contribution in [2.45, 2.75) is 69.6 Å². The number of nitrogens with zero attached hydrogens (tertiary/aromatic N) is 8. The molecule has 2 aromatic carbocycles. The zero-order valence-electron chi connectivity index (χ0n) is 32.1. The first kappa shape index (κ1) is 35.8. The Kier molecular flexibility index (Phi) is 8.85. The maximum absolute atomic E-state index is 12.7. The first-order valence-electron chi connectivity index (χ1n) is 20.2. The van der Waals surface area contributed by atoms with E-state index in [1.165, 1.54) is 22.3 Å². The summed E-state index contributed by atoms with van der Waals surface area (Å²) < 4.78 is 5.86. The summed E-state index contributed by atoms with van der Waals surface area (Å²) in [5.41, 5.74) is 13.1. The van der Waals surface area contributed by atoms with Crippen LogP contribution in [0.4, 0.5) is 22.1 Å². The number of piperidine rings is 2. The number of nitrogens with two attached hydrogens (primary N) is 1. The molecular weight excluding hydrogens is 727 g/mol. The number of hydrogen-bond donors (Lipinski definition) is 3. The Balaban J connectivity index is 0.752. The van der Waals surface area contributed by atoms with Gasteiger partial charge in [0.1, 0.15) is 11.5 Å². The molecule has 57 heavy (non-hydrogen) atoms. The molecule has 16 heteroatoms. The number of amides is 5. The van der Waals surface area contributed by atoms with Crippen molar-refractivity contribution in [3.63, 3.8) is 0 Å². The van der Waals surface area contributed by atoms with Crippen LogP contribution in [0.25, 0.3) is 11.0 Å². The maximum Gasteiger partial charge on any atom is 0.320 e. The summed E-state index contributed by atoms with van der Waals surface area (Å²) in [6.07, 6.45) is 6.15. The van der Waals surface area contributed by atoms with E-state index in [2.05, 4.69) is 53.7 Å². The number of likely N-dealkylation sites (tertiary alicyclic amines) is 1. The standard InChI is InChI=1S/C41H47N11O5/c1-48-11-12-52(41(48)56)28-3-2-10-50(22-28)33-16-43-36(38(42)54)39(45-33)44-27-6-4-25-18-51(19-26(25)15-27)29-20-49(21-29)17-23-13-24-5-7-30-35(47-57-37(30)32(24)14-23)31-8-9-34(53)46-40(31)55/h4-7,15-16,23,28-29,31H,2-3,8-14,17-22H2,1H3,(H2,42,54)(H,44,45)(H,46,53,55)/t23?,28-,31?/m1/s1. The second kappa shape index (κ2) is 14.1. The zero-order valence-corrected chi connectivity index (χ0v) is 32.1. The van der Waals surface area contributed by atoms with Gasteiger partial charge in [-0.1, -0.05) is 17.3 Å². The zero-order chi connectivity index (χ0) is 38.9. The number of urea groups is 1. The smallest absolute Gasteiger partial charge is 0.320 e. The lowest BCUT2D eigenvalue weighted by molar-refractivity contribution is -0.134. The number of carbonyl (C=O) groups excluding carboxylic acids is 4. The lowest BCUT2D eigenvalue weighted by atomic mass is 9.92. The fourth-order valence-corrected chi connectivity index (χ4v) is 9.95. The number of carbonyl (C=O) groups is 4. The van der Waals surface area contributed by atoms with E-state index in [1.54, 1.807) is 11.1 Å². The summed E-state index contributed by atoms with van der Waals surface area (Å²) in [6.45, 7) is 7.72. The molecule has 1 aliphatic carbocycles.